The zero-order chi connectivity index (χ0) is 21.3. The van der Waals surface area contributed by atoms with Crippen LogP contribution >= 0.6 is 0 Å². The zero-order valence-electron chi connectivity index (χ0n) is 16.8. The first-order chi connectivity index (χ1) is 14.5. The molecule has 1 aliphatic heterocycles. The quantitative estimate of drug-likeness (QED) is 0.676. The third-order valence-corrected chi connectivity index (χ3v) is 4.92. The van der Waals surface area contributed by atoms with E-state index < -0.39 is 5.91 Å². The van der Waals surface area contributed by atoms with Crippen molar-refractivity contribution in [3.63, 3.8) is 0 Å². The molecule has 0 bridgehead atoms. The van der Waals surface area contributed by atoms with E-state index in [1.54, 1.807) is 12.1 Å². The van der Waals surface area contributed by atoms with Crippen molar-refractivity contribution in [2.24, 2.45) is 5.73 Å². The molecule has 0 aliphatic carbocycles. The molecular formula is C22H26N4O4. The van der Waals surface area contributed by atoms with Crippen LogP contribution in [0.5, 0.6) is 5.75 Å². The number of amides is 3. The number of benzene rings is 2. The van der Waals surface area contributed by atoms with E-state index in [0.717, 1.165) is 13.1 Å². The summed E-state index contributed by atoms with van der Waals surface area (Å²) in [4.78, 5) is 39.4. The van der Waals surface area contributed by atoms with Gasteiger partial charge in [0.25, 0.3) is 5.91 Å². The predicted molar refractivity (Wildman–Crippen MR) is 113 cm³/mol. The highest BCUT2D eigenvalue weighted by molar-refractivity contribution is 5.92. The van der Waals surface area contributed by atoms with E-state index in [4.69, 9.17) is 10.5 Å². The fourth-order valence-corrected chi connectivity index (χ4v) is 3.24. The number of rotatable bonds is 8. The van der Waals surface area contributed by atoms with E-state index in [1.165, 1.54) is 17.8 Å². The van der Waals surface area contributed by atoms with Crippen LogP contribution in [-0.2, 0) is 9.59 Å². The average Bonchev–Trinajstić information content (AvgIpc) is 2.78. The molecule has 3 amide bonds. The standard InChI is InChI=1S/C22H26N4O4/c23-22(29)17-6-8-19(9-7-17)30-16-20(27)24-11-10-21(28)26-14-12-25(13-15-26)18-4-2-1-3-5-18/h1-9H,10-16H2,(H2,23,29)(H,24,27). The molecule has 2 aromatic carbocycles. The summed E-state index contributed by atoms with van der Waals surface area (Å²) in [6, 6.07) is 16.4. The topological polar surface area (TPSA) is 105 Å². The van der Waals surface area contributed by atoms with Crippen molar-refractivity contribution in [3.05, 3.63) is 60.2 Å². The molecule has 0 radical (unpaired) electrons. The van der Waals surface area contributed by atoms with Crippen LogP contribution in [0.15, 0.2) is 54.6 Å². The lowest BCUT2D eigenvalue weighted by molar-refractivity contribution is -0.131. The molecule has 3 N–H and O–H groups in total. The Hall–Kier alpha value is -3.55. The smallest absolute Gasteiger partial charge is 0.257 e. The van der Waals surface area contributed by atoms with Crippen molar-refractivity contribution in [1.29, 1.82) is 0 Å². The highest BCUT2D eigenvalue weighted by Crippen LogP contribution is 2.16. The van der Waals surface area contributed by atoms with Crippen LogP contribution in [0.4, 0.5) is 5.69 Å². The lowest BCUT2D eigenvalue weighted by atomic mass is 10.2. The molecule has 30 heavy (non-hydrogen) atoms. The summed E-state index contributed by atoms with van der Waals surface area (Å²) in [7, 11) is 0. The Morgan fingerprint density at radius 1 is 0.933 bits per heavy atom. The van der Waals surface area contributed by atoms with Crippen LogP contribution in [0.1, 0.15) is 16.8 Å². The first-order valence-corrected chi connectivity index (χ1v) is 9.90. The van der Waals surface area contributed by atoms with Gasteiger partial charge < -0.3 is 25.6 Å². The Labute approximate surface area is 175 Å². The molecule has 1 heterocycles. The van der Waals surface area contributed by atoms with Crippen molar-refractivity contribution >= 4 is 23.4 Å². The fourth-order valence-electron chi connectivity index (χ4n) is 3.24. The predicted octanol–water partition coefficient (Wildman–Crippen LogP) is 1.02. The second kappa shape index (κ2) is 10.3. The van der Waals surface area contributed by atoms with Crippen LogP contribution < -0.4 is 20.7 Å². The van der Waals surface area contributed by atoms with Crippen molar-refractivity contribution in [3.8, 4) is 5.75 Å². The summed E-state index contributed by atoms with van der Waals surface area (Å²) >= 11 is 0. The van der Waals surface area contributed by atoms with Crippen molar-refractivity contribution in [1.82, 2.24) is 10.2 Å². The normalized spacial score (nSPS) is 13.6. The summed E-state index contributed by atoms with van der Waals surface area (Å²) in [6.45, 7) is 3.04. The molecule has 158 valence electrons. The molecule has 2 aromatic rings. The molecule has 0 aromatic heterocycles. The van der Waals surface area contributed by atoms with Crippen LogP contribution in [0.25, 0.3) is 0 Å². The number of ether oxygens (including phenoxy) is 1. The van der Waals surface area contributed by atoms with Crippen molar-refractivity contribution < 1.29 is 19.1 Å². The van der Waals surface area contributed by atoms with Gasteiger partial charge in [-0.05, 0) is 36.4 Å². The number of primary amides is 1. The number of piperazine rings is 1. The molecule has 0 unspecified atom stereocenters. The number of nitrogens with two attached hydrogens (primary N) is 1. The second-order valence-corrected chi connectivity index (χ2v) is 6.98. The highest BCUT2D eigenvalue weighted by Gasteiger charge is 2.21. The van der Waals surface area contributed by atoms with E-state index in [2.05, 4.69) is 22.3 Å². The minimum Gasteiger partial charge on any atom is -0.484 e. The number of hydrogen-bond donors (Lipinski definition) is 2. The van der Waals surface area contributed by atoms with Gasteiger partial charge in [0.05, 0.1) is 0 Å². The largest absolute Gasteiger partial charge is 0.484 e. The molecule has 0 spiro atoms. The van der Waals surface area contributed by atoms with Crippen molar-refractivity contribution in [2.75, 3.05) is 44.2 Å². The molecule has 0 saturated carbocycles. The number of para-hydroxylation sites is 1. The third-order valence-electron chi connectivity index (χ3n) is 4.92. The van der Waals surface area contributed by atoms with Crippen LogP contribution in [0, 0.1) is 0 Å². The summed E-state index contributed by atoms with van der Waals surface area (Å²) in [5, 5.41) is 2.69. The summed E-state index contributed by atoms with van der Waals surface area (Å²) in [5.41, 5.74) is 6.71. The Balaban J connectivity index is 1.32. The summed E-state index contributed by atoms with van der Waals surface area (Å²) in [5.74, 6) is -0.338. The molecule has 0 atom stereocenters. The van der Waals surface area contributed by atoms with Crippen LogP contribution in [0.2, 0.25) is 0 Å². The van der Waals surface area contributed by atoms with E-state index in [0.29, 0.717) is 24.4 Å². The number of nitrogens with one attached hydrogen (secondary N) is 1. The Kier molecular flexibility index (Phi) is 7.26. The zero-order valence-corrected chi connectivity index (χ0v) is 16.8. The van der Waals surface area contributed by atoms with Gasteiger partial charge in [0.2, 0.25) is 11.8 Å². The van der Waals surface area contributed by atoms with Gasteiger partial charge in [-0.15, -0.1) is 0 Å². The number of carbonyl (C=O) groups is 3. The van der Waals surface area contributed by atoms with E-state index in [9.17, 15) is 14.4 Å². The molecular weight excluding hydrogens is 384 g/mol. The van der Waals surface area contributed by atoms with E-state index >= 15 is 0 Å². The minimum atomic E-state index is -0.523. The van der Waals surface area contributed by atoms with Crippen LogP contribution in [-0.4, -0.2) is 62.0 Å². The first-order valence-electron chi connectivity index (χ1n) is 9.90. The van der Waals surface area contributed by atoms with Gasteiger partial charge in [-0.25, -0.2) is 0 Å². The van der Waals surface area contributed by atoms with Gasteiger partial charge in [-0.2, -0.15) is 0 Å². The average molecular weight is 410 g/mol. The Morgan fingerprint density at radius 2 is 1.60 bits per heavy atom. The second-order valence-electron chi connectivity index (χ2n) is 6.98. The van der Waals surface area contributed by atoms with Gasteiger partial charge in [-0.1, -0.05) is 18.2 Å². The molecule has 1 saturated heterocycles. The van der Waals surface area contributed by atoms with Gasteiger partial charge in [0.15, 0.2) is 6.61 Å². The molecule has 8 heteroatoms. The molecule has 8 nitrogen and oxygen atoms in total. The Bertz CT molecular complexity index is 862. The monoisotopic (exact) mass is 410 g/mol. The minimum absolute atomic E-state index is 0.0333. The maximum Gasteiger partial charge on any atom is 0.257 e. The third kappa shape index (κ3) is 5.97. The molecule has 3 rings (SSSR count). The highest BCUT2D eigenvalue weighted by atomic mass is 16.5. The number of nitrogens with zero attached hydrogens (tertiary/aromatic N) is 2. The Morgan fingerprint density at radius 3 is 2.23 bits per heavy atom. The summed E-state index contributed by atoms with van der Waals surface area (Å²) in [6.07, 6.45) is 0.254. The number of hydrogen-bond acceptors (Lipinski definition) is 5. The van der Waals surface area contributed by atoms with Gasteiger partial charge in [0.1, 0.15) is 5.75 Å². The SMILES string of the molecule is NC(=O)c1ccc(OCC(=O)NCCC(=O)N2CCN(c3ccccc3)CC2)cc1. The van der Waals surface area contributed by atoms with Gasteiger partial charge in [-0.3, -0.25) is 14.4 Å². The molecule has 1 aliphatic rings. The van der Waals surface area contributed by atoms with E-state index in [-0.39, 0.29) is 31.4 Å². The maximum atomic E-state index is 12.4. The first kappa shape index (κ1) is 21.2. The maximum absolute atomic E-state index is 12.4. The van der Waals surface area contributed by atoms with E-state index in [1.807, 2.05) is 23.1 Å². The number of anilines is 1. The lowest BCUT2D eigenvalue weighted by Gasteiger charge is -2.36. The lowest BCUT2D eigenvalue weighted by Crippen LogP contribution is -2.49. The van der Waals surface area contributed by atoms with Crippen LogP contribution in [0.3, 0.4) is 0 Å². The fraction of sp³-hybridized carbons (Fsp3) is 0.318. The number of carbonyl (C=O) groups excluding carboxylic acids is 3. The molecule has 1 fully saturated rings. The summed E-state index contributed by atoms with van der Waals surface area (Å²) < 4.78 is 5.37. The van der Waals surface area contributed by atoms with Gasteiger partial charge in [0, 0.05) is 50.4 Å². The van der Waals surface area contributed by atoms with Crippen molar-refractivity contribution in [2.45, 2.75) is 6.42 Å². The van der Waals surface area contributed by atoms with Gasteiger partial charge >= 0.3 is 0 Å².